The van der Waals surface area contributed by atoms with E-state index < -0.39 is 5.60 Å². The number of ether oxygens (including phenoxy) is 1. The molecule has 1 heterocycles. The van der Waals surface area contributed by atoms with Crippen LogP contribution in [0.1, 0.15) is 35.6 Å². The molecule has 0 unspecified atom stereocenters. The maximum atomic E-state index is 10.0. The molecule has 3 heteroatoms. The van der Waals surface area contributed by atoms with E-state index in [0.29, 0.717) is 12.2 Å². The Hall–Kier alpha value is -1.69. The van der Waals surface area contributed by atoms with Gasteiger partial charge in [-0.25, -0.2) is 0 Å². The van der Waals surface area contributed by atoms with Gasteiger partial charge in [-0.3, -0.25) is 0 Å². The first-order chi connectivity index (χ1) is 7.89. The van der Waals surface area contributed by atoms with E-state index in [1.807, 2.05) is 27.7 Å². The molecule has 0 saturated heterocycles. The second-order valence-corrected chi connectivity index (χ2v) is 4.98. The third-order valence-electron chi connectivity index (χ3n) is 3.76. The molecular formula is C14H17NO2. The maximum Gasteiger partial charge on any atom is 0.191 e. The molecule has 0 aromatic heterocycles. The number of fused-ring (bicyclic) bond motifs is 1. The van der Waals surface area contributed by atoms with Gasteiger partial charge in [-0.1, -0.05) is 0 Å². The summed E-state index contributed by atoms with van der Waals surface area (Å²) in [7, 11) is 0. The predicted molar refractivity (Wildman–Crippen MR) is 65.3 cm³/mol. The molecule has 0 radical (unpaired) electrons. The normalized spacial score (nSPS) is 22.5. The first-order valence-corrected chi connectivity index (χ1v) is 5.81. The highest BCUT2D eigenvalue weighted by atomic mass is 16.5. The van der Waals surface area contributed by atoms with Gasteiger partial charge in [0.05, 0.1) is 0 Å². The molecule has 1 N–H and O–H groups in total. The Kier molecular flexibility index (Phi) is 2.54. The molecule has 0 aliphatic carbocycles. The van der Waals surface area contributed by atoms with Gasteiger partial charge in [0.25, 0.3) is 0 Å². The summed E-state index contributed by atoms with van der Waals surface area (Å²) in [5.41, 5.74) is 2.95. The second-order valence-electron chi connectivity index (χ2n) is 4.98. The fraction of sp³-hybridized carbons (Fsp3) is 0.500. The lowest BCUT2D eigenvalue weighted by Gasteiger charge is -2.33. The van der Waals surface area contributed by atoms with Crippen LogP contribution >= 0.6 is 0 Å². The van der Waals surface area contributed by atoms with Gasteiger partial charge in [-0.2, -0.15) is 5.26 Å². The van der Waals surface area contributed by atoms with E-state index in [1.165, 1.54) is 0 Å². The fourth-order valence-corrected chi connectivity index (χ4v) is 2.33. The number of aromatic hydroxyl groups is 1. The number of rotatable bonds is 0. The minimum Gasteiger partial charge on any atom is -0.507 e. The van der Waals surface area contributed by atoms with Crippen molar-refractivity contribution in [2.45, 2.75) is 46.1 Å². The van der Waals surface area contributed by atoms with Crippen LogP contribution in [-0.2, 0) is 6.42 Å². The molecule has 3 nitrogen and oxygen atoms in total. The van der Waals surface area contributed by atoms with Gasteiger partial charge in [0, 0.05) is 12.0 Å². The van der Waals surface area contributed by atoms with Crippen LogP contribution in [0.15, 0.2) is 0 Å². The van der Waals surface area contributed by atoms with Gasteiger partial charge in [0.2, 0.25) is 0 Å². The molecule has 1 atom stereocenters. The molecule has 0 saturated carbocycles. The minimum absolute atomic E-state index is 0.352. The third kappa shape index (κ3) is 1.64. The number of phenolic OH excluding ortho intramolecular Hbond substituents is 1. The van der Waals surface area contributed by atoms with Gasteiger partial charge >= 0.3 is 0 Å². The van der Waals surface area contributed by atoms with Crippen LogP contribution in [0.25, 0.3) is 0 Å². The van der Waals surface area contributed by atoms with Crippen molar-refractivity contribution in [3.8, 4) is 17.6 Å². The molecule has 2 rings (SSSR count). The van der Waals surface area contributed by atoms with E-state index >= 15 is 0 Å². The molecule has 90 valence electrons. The zero-order valence-electron chi connectivity index (χ0n) is 10.7. The van der Waals surface area contributed by atoms with E-state index in [4.69, 9.17) is 10.00 Å². The van der Waals surface area contributed by atoms with E-state index in [-0.39, 0.29) is 0 Å². The summed E-state index contributed by atoms with van der Waals surface area (Å²) in [5, 5.41) is 19.1. The van der Waals surface area contributed by atoms with Crippen molar-refractivity contribution < 1.29 is 9.84 Å². The molecule has 0 fully saturated rings. The summed E-state index contributed by atoms with van der Waals surface area (Å²) < 4.78 is 5.84. The van der Waals surface area contributed by atoms with Crippen molar-refractivity contribution in [2.75, 3.05) is 0 Å². The number of phenols is 1. The van der Waals surface area contributed by atoms with Crippen LogP contribution < -0.4 is 4.74 Å². The molecule has 0 spiro atoms. The van der Waals surface area contributed by atoms with E-state index in [1.54, 1.807) is 0 Å². The molecule has 0 amide bonds. The largest absolute Gasteiger partial charge is 0.507 e. The second kappa shape index (κ2) is 3.66. The van der Waals surface area contributed by atoms with Gasteiger partial charge in [0.1, 0.15) is 17.6 Å². The Labute approximate surface area is 102 Å². The lowest BCUT2D eigenvalue weighted by molar-refractivity contribution is 0.120. The quantitative estimate of drug-likeness (QED) is 0.747. The summed E-state index contributed by atoms with van der Waals surface area (Å²) in [5.74, 6) is 1.14. The number of nitriles is 1. The molecule has 1 aromatic carbocycles. The molecule has 1 aliphatic rings. The first kappa shape index (κ1) is 11.8. The van der Waals surface area contributed by atoms with E-state index in [9.17, 15) is 5.11 Å². The number of hydrogen-bond acceptors (Lipinski definition) is 3. The van der Waals surface area contributed by atoms with Crippen molar-refractivity contribution in [3.05, 3.63) is 22.3 Å². The van der Waals surface area contributed by atoms with Gasteiger partial charge in [-0.05, 0) is 50.8 Å². The average Bonchev–Trinajstić information content (AvgIpc) is 2.33. The summed E-state index contributed by atoms with van der Waals surface area (Å²) in [6.07, 6.45) is 1.44. The molecular weight excluding hydrogens is 214 g/mol. The van der Waals surface area contributed by atoms with Crippen LogP contribution in [0.3, 0.4) is 0 Å². The minimum atomic E-state index is -0.742. The highest BCUT2D eigenvalue weighted by Crippen LogP contribution is 2.42. The SMILES string of the molecule is Cc1c(C)c2c(c(C)c1O)CC[C@@](C)(C#N)O2. The molecule has 17 heavy (non-hydrogen) atoms. The Morgan fingerprint density at radius 3 is 2.47 bits per heavy atom. The van der Waals surface area contributed by atoms with Crippen LogP contribution in [-0.4, -0.2) is 10.7 Å². The molecule has 0 bridgehead atoms. The van der Waals surface area contributed by atoms with Gasteiger partial charge < -0.3 is 9.84 Å². The van der Waals surface area contributed by atoms with E-state index in [0.717, 1.165) is 34.4 Å². The van der Waals surface area contributed by atoms with Crippen molar-refractivity contribution in [1.29, 1.82) is 5.26 Å². The van der Waals surface area contributed by atoms with Crippen molar-refractivity contribution >= 4 is 0 Å². The number of benzene rings is 1. The topological polar surface area (TPSA) is 53.2 Å². The Balaban J connectivity index is 2.64. The van der Waals surface area contributed by atoms with Crippen LogP contribution in [0.5, 0.6) is 11.5 Å². The van der Waals surface area contributed by atoms with E-state index in [2.05, 4.69) is 6.07 Å². The Morgan fingerprint density at radius 1 is 1.24 bits per heavy atom. The van der Waals surface area contributed by atoms with Crippen LogP contribution in [0.4, 0.5) is 0 Å². The number of hydrogen-bond donors (Lipinski definition) is 1. The Morgan fingerprint density at radius 2 is 1.88 bits per heavy atom. The zero-order chi connectivity index (χ0) is 12.8. The van der Waals surface area contributed by atoms with Crippen molar-refractivity contribution in [2.24, 2.45) is 0 Å². The molecule has 1 aliphatic heterocycles. The lowest BCUT2D eigenvalue weighted by Crippen LogP contribution is -2.35. The zero-order valence-corrected chi connectivity index (χ0v) is 10.7. The monoisotopic (exact) mass is 231 g/mol. The predicted octanol–water partition coefficient (Wildman–Crippen LogP) is 2.92. The number of nitrogens with zero attached hydrogens (tertiary/aromatic N) is 1. The standard InChI is InChI=1S/C14H17NO2/c1-8-9(2)13-11(10(3)12(8)16)5-6-14(4,7-15)17-13/h16H,5-6H2,1-4H3/t14-/m0/s1. The maximum absolute atomic E-state index is 10.0. The van der Waals surface area contributed by atoms with Crippen molar-refractivity contribution in [1.82, 2.24) is 0 Å². The first-order valence-electron chi connectivity index (χ1n) is 5.81. The third-order valence-corrected chi connectivity index (χ3v) is 3.76. The van der Waals surface area contributed by atoms with Crippen LogP contribution in [0, 0.1) is 32.1 Å². The highest BCUT2D eigenvalue weighted by Gasteiger charge is 2.34. The summed E-state index contributed by atoms with van der Waals surface area (Å²) in [4.78, 5) is 0. The van der Waals surface area contributed by atoms with Crippen LogP contribution in [0.2, 0.25) is 0 Å². The summed E-state index contributed by atoms with van der Waals surface area (Å²) in [6, 6.07) is 2.22. The van der Waals surface area contributed by atoms with Crippen molar-refractivity contribution in [3.63, 3.8) is 0 Å². The summed E-state index contributed by atoms with van der Waals surface area (Å²) in [6.45, 7) is 7.52. The lowest BCUT2D eigenvalue weighted by atomic mass is 9.88. The smallest absolute Gasteiger partial charge is 0.191 e. The molecule has 1 aromatic rings. The summed E-state index contributed by atoms with van der Waals surface area (Å²) >= 11 is 0. The Bertz CT molecular complexity index is 528. The average molecular weight is 231 g/mol. The van der Waals surface area contributed by atoms with Gasteiger partial charge in [-0.15, -0.1) is 0 Å². The van der Waals surface area contributed by atoms with Gasteiger partial charge in [0.15, 0.2) is 5.60 Å². The highest BCUT2D eigenvalue weighted by molar-refractivity contribution is 5.58. The fourth-order valence-electron chi connectivity index (χ4n) is 2.33.